The molecule has 1 aliphatic rings. The van der Waals surface area contributed by atoms with Gasteiger partial charge < -0.3 is 5.32 Å². The molecule has 0 saturated heterocycles. The van der Waals surface area contributed by atoms with Crippen molar-refractivity contribution in [3.05, 3.63) is 53.2 Å². The van der Waals surface area contributed by atoms with Gasteiger partial charge in [-0.1, -0.05) is 0 Å². The van der Waals surface area contributed by atoms with Crippen LogP contribution < -0.4 is 5.32 Å². The average Bonchev–Trinajstić information content (AvgIpc) is 3.24. The third-order valence-corrected chi connectivity index (χ3v) is 4.91. The summed E-state index contributed by atoms with van der Waals surface area (Å²) < 4.78 is 42.2. The van der Waals surface area contributed by atoms with Gasteiger partial charge in [0, 0.05) is 37.1 Å². The van der Waals surface area contributed by atoms with Crippen molar-refractivity contribution in [2.75, 3.05) is 0 Å². The zero-order chi connectivity index (χ0) is 20.8. The van der Waals surface area contributed by atoms with Crippen molar-refractivity contribution in [3.8, 4) is 11.3 Å². The lowest BCUT2D eigenvalue weighted by Crippen LogP contribution is -2.33. The Kier molecular flexibility index (Phi) is 4.64. The van der Waals surface area contributed by atoms with Gasteiger partial charge in [-0.2, -0.15) is 23.4 Å². The Bertz CT molecular complexity index is 1070. The topological polar surface area (TPSA) is 77.6 Å². The van der Waals surface area contributed by atoms with Gasteiger partial charge in [-0.25, -0.2) is 0 Å². The van der Waals surface area contributed by atoms with Crippen LogP contribution in [0.3, 0.4) is 0 Å². The molecule has 1 aliphatic heterocycles. The monoisotopic (exact) mass is 404 g/mol. The van der Waals surface area contributed by atoms with Crippen LogP contribution in [0.4, 0.5) is 13.2 Å². The Morgan fingerprint density at radius 3 is 2.76 bits per heavy atom. The summed E-state index contributed by atoms with van der Waals surface area (Å²) >= 11 is 0. The molecule has 29 heavy (non-hydrogen) atoms. The number of fused-ring (bicyclic) bond motifs is 1. The molecule has 0 aromatic carbocycles. The Morgan fingerprint density at radius 2 is 2.07 bits per heavy atom. The Hall–Kier alpha value is -3.17. The number of nitrogens with zero attached hydrogens (tertiary/aromatic N) is 5. The van der Waals surface area contributed by atoms with Crippen molar-refractivity contribution in [2.24, 2.45) is 7.05 Å². The van der Waals surface area contributed by atoms with E-state index in [1.807, 2.05) is 6.92 Å². The molecule has 0 radical (unpaired) electrons. The van der Waals surface area contributed by atoms with Crippen molar-refractivity contribution < 1.29 is 18.0 Å². The van der Waals surface area contributed by atoms with E-state index in [1.165, 1.54) is 6.07 Å². The minimum atomic E-state index is -4.52. The third kappa shape index (κ3) is 3.74. The molecular weight excluding hydrogens is 385 g/mol. The smallest absolute Gasteiger partial charge is 0.342 e. The normalized spacial score (nSPS) is 16.5. The second-order valence-corrected chi connectivity index (χ2v) is 7.11. The predicted octanol–water partition coefficient (Wildman–Crippen LogP) is 3.27. The average molecular weight is 404 g/mol. The number of carbonyl (C=O) groups is 1. The molecule has 3 aromatic rings. The van der Waals surface area contributed by atoms with Crippen molar-refractivity contribution in [1.29, 1.82) is 0 Å². The fraction of sp³-hybridized carbons (Fsp3) is 0.368. The quantitative estimate of drug-likeness (QED) is 0.727. The van der Waals surface area contributed by atoms with E-state index in [1.54, 1.807) is 28.7 Å². The number of hydrogen-bond acceptors (Lipinski definition) is 4. The van der Waals surface area contributed by atoms with Gasteiger partial charge in [-0.05, 0) is 38.0 Å². The van der Waals surface area contributed by atoms with Crippen molar-refractivity contribution in [3.63, 3.8) is 0 Å². The number of amides is 1. The zero-order valence-electron chi connectivity index (χ0n) is 15.9. The highest BCUT2D eigenvalue weighted by Crippen LogP contribution is 2.32. The van der Waals surface area contributed by atoms with Crippen LogP contribution in [-0.2, 0) is 19.8 Å². The Balaban J connectivity index is 1.62. The van der Waals surface area contributed by atoms with Gasteiger partial charge in [0.1, 0.15) is 5.69 Å². The molecule has 0 saturated carbocycles. The number of alkyl halides is 3. The van der Waals surface area contributed by atoms with E-state index in [0.717, 1.165) is 29.9 Å². The van der Waals surface area contributed by atoms with E-state index >= 15 is 0 Å². The summed E-state index contributed by atoms with van der Waals surface area (Å²) in [6.45, 7) is 2.45. The third-order valence-electron chi connectivity index (χ3n) is 4.91. The maximum atomic E-state index is 13.0. The first-order valence-electron chi connectivity index (χ1n) is 9.15. The summed E-state index contributed by atoms with van der Waals surface area (Å²) in [6.07, 6.45) is -0.122. The second kappa shape index (κ2) is 7.02. The first-order chi connectivity index (χ1) is 13.7. The van der Waals surface area contributed by atoms with E-state index in [-0.39, 0.29) is 11.9 Å². The van der Waals surface area contributed by atoms with Crippen LogP contribution in [0.5, 0.6) is 0 Å². The molecule has 0 fully saturated rings. The van der Waals surface area contributed by atoms with Crippen molar-refractivity contribution in [1.82, 2.24) is 29.9 Å². The number of hydrogen-bond donors (Lipinski definition) is 1. The number of halogens is 3. The molecule has 152 valence electrons. The van der Waals surface area contributed by atoms with Gasteiger partial charge in [0.15, 0.2) is 5.69 Å². The van der Waals surface area contributed by atoms with Crippen molar-refractivity contribution in [2.45, 2.75) is 38.5 Å². The highest BCUT2D eigenvalue weighted by molar-refractivity contribution is 5.93. The van der Waals surface area contributed by atoms with E-state index < -0.39 is 11.9 Å². The Morgan fingerprint density at radius 1 is 1.28 bits per heavy atom. The van der Waals surface area contributed by atoms with Gasteiger partial charge in [0.2, 0.25) is 0 Å². The van der Waals surface area contributed by atoms with Crippen LogP contribution in [-0.4, -0.2) is 30.5 Å². The fourth-order valence-corrected chi connectivity index (χ4v) is 3.57. The maximum absolute atomic E-state index is 13.0. The van der Waals surface area contributed by atoms with E-state index in [4.69, 9.17) is 0 Å². The number of rotatable bonds is 3. The zero-order valence-corrected chi connectivity index (χ0v) is 15.9. The summed E-state index contributed by atoms with van der Waals surface area (Å²) in [5, 5.41) is 11.6. The molecule has 4 rings (SSSR count). The van der Waals surface area contributed by atoms with Crippen LogP contribution in [0.15, 0.2) is 30.6 Å². The number of aryl methyl sites for hydroxylation is 3. The summed E-state index contributed by atoms with van der Waals surface area (Å²) in [4.78, 5) is 16.0. The molecule has 3 aromatic heterocycles. The van der Waals surface area contributed by atoms with E-state index in [0.29, 0.717) is 29.9 Å². The van der Waals surface area contributed by atoms with Crippen LogP contribution in [0.1, 0.15) is 46.3 Å². The number of nitrogens with one attached hydrogen (secondary N) is 1. The van der Waals surface area contributed by atoms with Crippen LogP contribution in [0.2, 0.25) is 0 Å². The molecule has 10 heteroatoms. The van der Waals surface area contributed by atoms with Crippen LogP contribution >= 0.6 is 0 Å². The summed E-state index contributed by atoms with van der Waals surface area (Å²) in [7, 11) is 1.75. The molecule has 0 spiro atoms. The molecule has 1 N–H and O–H groups in total. The molecule has 0 aliphatic carbocycles. The van der Waals surface area contributed by atoms with Gasteiger partial charge in [-0.15, -0.1) is 0 Å². The minimum absolute atomic E-state index is 0.285. The van der Waals surface area contributed by atoms with E-state index in [2.05, 4.69) is 20.5 Å². The SMILES string of the molecule is Cc1cn(C)nc1C(=O)N[C@H]1CCCn2nc(-c3ccnc(C(F)(F)F)c3)cc21. The molecule has 4 heterocycles. The summed E-state index contributed by atoms with van der Waals surface area (Å²) in [6, 6.07) is 3.92. The van der Waals surface area contributed by atoms with Crippen LogP contribution in [0.25, 0.3) is 11.3 Å². The summed E-state index contributed by atoms with van der Waals surface area (Å²) in [5.74, 6) is -0.285. The highest BCUT2D eigenvalue weighted by atomic mass is 19.4. The highest BCUT2D eigenvalue weighted by Gasteiger charge is 2.33. The number of aromatic nitrogens is 5. The molecular formula is C19H19F3N6O. The molecule has 0 unspecified atom stereocenters. The lowest BCUT2D eigenvalue weighted by atomic mass is 10.0. The Labute approximate surface area is 164 Å². The molecule has 1 atom stereocenters. The largest absolute Gasteiger partial charge is 0.433 e. The lowest BCUT2D eigenvalue weighted by Gasteiger charge is -2.24. The lowest BCUT2D eigenvalue weighted by molar-refractivity contribution is -0.141. The van der Waals surface area contributed by atoms with Gasteiger partial charge in [0.25, 0.3) is 5.91 Å². The molecule has 7 nitrogen and oxygen atoms in total. The first kappa shape index (κ1) is 19.2. The second-order valence-electron chi connectivity index (χ2n) is 7.11. The molecule has 0 bridgehead atoms. The van der Waals surface area contributed by atoms with Crippen LogP contribution in [0, 0.1) is 6.92 Å². The van der Waals surface area contributed by atoms with Gasteiger partial charge >= 0.3 is 6.18 Å². The minimum Gasteiger partial charge on any atom is -0.342 e. The first-order valence-corrected chi connectivity index (χ1v) is 9.15. The predicted molar refractivity (Wildman–Crippen MR) is 97.8 cm³/mol. The van der Waals surface area contributed by atoms with Gasteiger partial charge in [-0.3, -0.25) is 19.1 Å². The summed E-state index contributed by atoms with van der Waals surface area (Å²) in [5.41, 5.74) is 1.68. The number of carbonyl (C=O) groups excluding carboxylic acids is 1. The van der Waals surface area contributed by atoms with E-state index in [9.17, 15) is 18.0 Å². The van der Waals surface area contributed by atoms with Gasteiger partial charge in [0.05, 0.1) is 17.4 Å². The molecule has 1 amide bonds. The number of pyridine rings is 1. The van der Waals surface area contributed by atoms with Crippen molar-refractivity contribution >= 4 is 5.91 Å². The maximum Gasteiger partial charge on any atom is 0.433 e. The standard InChI is InChI=1S/C19H19F3N6O/c1-11-10-27(2)26-17(11)18(29)24-13-4-3-7-28-15(13)9-14(25-28)12-5-6-23-16(8-12)19(20,21)22/h5-6,8-10,13H,3-4,7H2,1-2H3,(H,24,29)/t13-/m0/s1. The fourth-order valence-electron chi connectivity index (χ4n) is 3.57.